The minimum absolute atomic E-state index is 0.381. The van der Waals surface area contributed by atoms with Gasteiger partial charge in [0.1, 0.15) is 5.82 Å². The van der Waals surface area contributed by atoms with E-state index in [1.54, 1.807) is 36.7 Å². The summed E-state index contributed by atoms with van der Waals surface area (Å²) in [6, 6.07) is 6.59. The van der Waals surface area contributed by atoms with E-state index in [2.05, 4.69) is 14.7 Å². The highest BCUT2D eigenvalue weighted by Gasteiger charge is 2.10. The number of aromatic nitrogens is 2. The molecule has 19 heavy (non-hydrogen) atoms. The predicted octanol–water partition coefficient (Wildman–Crippen LogP) is 1.06. The van der Waals surface area contributed by atoms with Crippen molar-refractivity contribution in [3.05, 3.63) is 48.0 Å². The molecule has 6 nitrogen and oxygen atoms in total. The lowest BCUT2D eigenvalue weighted by atomic mass is 10.1. The first-order valence-electron chi connectivity index (χ1n) is 5.68. The Morgan fingerprint density at radius 2 is 2.05 bits per heavy atom. The summed E-state index contributed by atoms with van der Waals surface area (Å²) in [7, 11) is -3.28. The maximum atomic E-state index is 11.1. The van der Waals surface area contributed by atoms with E-state index in [1.807, 2.05) is 0 Å². The zero-order valence-corrected chi connectivity index (χ0v) is 11.2. The van der Waals surface area contributed by atoms with Crippen molar-refractivity contribution in [2.75, 3.05) is 11.0 Å². The fraction of sp³-hybridized carbons (Fsp3) is 0.250. The molecule has 0 spiro atoms. The van der Waals surface area contributed by atoms with E-state index in [4.69, 9.17) is 0 Å². The summed E-state index contributed by atoms with van der Waals surface area (Å²) in [5, 5.41) is 10.0. The van der Waals surface area contributed by atoms with E-state index in [0.29, 0.717) is 23.5 Å². The topological polar surface area (TPSA) is 95.1 Å². The van der Waals surface area contributed by atoms with Crippen molar-refractivity contribution in [2.45, 2.75) is 12.5 Å². The molecule has 2 aromatic rings. The van der Waals surface area contributed by atoms with Gasteiger partial charge in [-0.1, -0.05) is 12.1 Å². The van der Waals surface area contributed by atoms with Crippen LogP contribution in [0.2, 0.25) is 0 Å². The predicted molar refractivity (Wildman–Crippen MR) is 72.2 cm³/mol. The first-order valence-corrected chi connectivity index (χ1v) is 7.57. The second-order valence-corrected chi connectivity index (χ2v) is 6.00. The van der Waals surface area contributed by atoms with Crippen molar-refractivity contribution in [2.24, 2.45) is 0 Å². The van der Waals surface area contributed by atoms with Gasteiger partial charge in [0.05, 0.1) is 12.4 Å². The fourth-order valence-electron chi connectivity index (χ4n) is 1.70. The number of hydrogen-bond donors (Lipinski definition) is 3. The summed E-state index contributed by atoms with van der Waals surface area (Å²) < 4.78 is 24.5. The molecule has 1 aromatic heterocycles. The van der Waals surface area contributed by atoms with E-state index in [1.165, 1.54) is 0 Å². The SMILES string of the molecule is CS(=O)(=O)Nc1ccc(C(O)Cc2ncc[nH]2)cc1. The zero-order chi connectivity index (χ0) is 13.9. The molecule has 0 bridgehead atoms. The molecule has 1 atom stereocenters. The monoisotopic (exact) mass is 281 g/mol. The van der Waals surface area contributed by atoms with Crippen molar-refractivity contribution in [3.8, 4) is 0 Å². The third-order valence-electron chi connectivity index (χ3n) is 2.54. The summed E-state index contributed by atoms with van der Waals surface area (Å²) in [5.41, 5.74) is 1.17. The molecule has 7 heteroatoms. The Morgan fingerprint density at radius 1 is 1.37 bits per heavy atom. The molecule has 3 N–H and O–H groups in total. The van der Waals surface area contributed by atoms with Crippen LogP contribution in [-0.4, -0.2) is 29.7 Å². The number of aliphatic hydroxyl groups is 1. The van der Waals surface area contributed by atoms with Gasteiger partial charge < -0.3 is 10.1 Å². The zero-order valence-electron chi connectivity index (χ0n) is 10.4. The van der Waals surface area contributed by atoms with Crippen LogP contribution in [0.15, 0.2) is 36.7 Å². The quantitative estimate of drug-likeness (QED) is 0.763. The van der Waals surface area contributed by atoms with Gasteiger partial charge in [0.15, 0.2) is 0 Å². The molecule has 2 rings (SSSR count). The molecule has 1 aromatic carbocycles. The first-order chi connectivity index (χ1) is 8.94. The lowest BCUT2D eigenvalue weighted by Gasteiger charge is -2.10. The Balaban J connectivity index is 2.05. The van der Waals surface area contributed by atoms with Crippen molar-refractivity contribution < 1.29 is 13.5 Å². The van der Waals surface area contributed by atoms with Crippen LogP contribution < -0.4 is 4.72 Å². The number of imidazole rings is 1. The van der Waals surface area contributed by atoms with Gasteiger partial charge in [-0.2, -0.15) is 0 Å². The van der Waals surface area contributed by atoms with Gasteiger partial charge in [0.2, 0.25) is 10.0 Å². The molecular weight excluding hydrogens is 266 g/mol. The van der Waals surface area contributed by atoms with Gasteiger partial charge >= 0.3 is 0 Å². The van der Waals surface area contributed by atoms with Crippen LogP contribution in [0.25, 0.3) is 0 Å². The molecule has 0 amide bonds. The molecule has 1 heterocycles. The summed E-state index contributed by atoms with van der Waals surface area (Å²) in [4.78, 5) is 6.96. The summed E-state index contributed by atoms with van der Waals surface area (Å²) in [6.45, 7) is 0. The minimum atomic E-state index is -3.28. The molecule has 0 aliphatic carbocycles. The van der Waals surface area contributed by atoms with Crippen LogP contribution in [0.4, 0.5) is 5.69 Å². The van der Waals surface area contributed by atoms with Crippen LogP contribution in [0.3, 0.4) is 0 Å². The maximum absolute atomic E-state index is 11.1. The third-order valence-corrected chi connectivity index (χ3v) is 3.15. The maximum Gasteiger partial charge on any atom is 0.229 e. The average Bonchev–Trinajstić information content (AvgIpc) is 2.80. The number of aromatic amines is 1. The highest BCUT2D eigenvalue weighted by molar-refractivity contribution is 7.92. The Kier molecular flexibility index (Phi) is 3.87. The lowest BCUT2D eigenvalue weighted by molar-refractivity contribution is 0.176. The van der Waals surface area contributed by atoms with Gasteiger partial charge in [-0.15, -0.1) is 0 Å². The second kappa shape index (κ2) is 5.41. The molecule has 1 unspecified atom stereocenters. The number of H-pyrrole nitrogens is 1. The number of benzene rings is 1. The summed E-state index contributed by atoms with van der Waals surface area (Å²) in [5.74, 6) is 0.700. The van der Waals surface area contributed by atoms with Crippen LogP contribution in [0.1, 0.15) is 17.5 Å². The molecule has 0 saturated carbocycles. The van der Waals surface area contributed by atoms with Crippen LogP contribution in [0, 0.1) is 0 Å². The van der Waals surface area contributed by atoms with Gasteiger partial charge in [-0.05, 0) is 17.7 Å². The van der Waals surface area contributed by atoms with E-state index >= 15 is 0 Å². The standard InChI is InChI=1S/C12H15N3O3S/c1-19(17,18)15-10-4-2-9(3-5-10)11(16)8-12-13-6-7-14-12/h2-7,11,15-16H,8H2,1H3,(H,13,14). The number of hydrogen-bond acceptors (Lipinski definition) is 4. The Hall–Kier alpha value is -1.86. The van der Waals surface area contributed by atoms with Gasteiger partial charge in [0, 0.05) is 24.5 Å². The summed E-state index contributed by atoms with van der Waals surface area (Å²) in [6.07, 6.45) is 4.11. The normalized spacial score (nSPS) is 13.2. The van der Waals surface area contributed by atoms with E-state index in [-0.39, 0.29) is 0 Å². The third kappa shape index (κ3) is 4.08. The smallest absolute Gasteiger partial charge is 0.229 e. The molecule has 0 saturated heterocycles. The van der Waals surface area contributed by atoms with Crippen molar-refractivity contribution in [1.29, 1.82) is 0 Å². The van der Waals surface area contributed by atoms with Gasteiger partial charge in [0.25, 0.3) is 0 Å². The lowest BCUT2D eigenvalue weighted by Crippen LogP contribution is -2.09. The Morgan fingerprint density at radius 3 is 2.58 bits per heavy atom. The van der Waals surface area contributed by atoms with Gasteiger partial charge in [-0.25, -0.2) is 13.4 Å². The van der Waals surface area contributed by atoms with Crippen LogP contribution >= 0.6 is 0 Å². The van der Waals surface area contributed by atoms with Crippen molar-refractivity contribution in [1.82, 2.24) is 9.97 Å². The first kappa shape index (κ1) is 13.6. The molecule has 0 radical (unpaired) electrons. The van der Waals surface area contributed by atoms with E-state index in [0.717, 1.165) is 6.26 Å². The van der Waals surface area contributed by atoms with Crippen LogP contribution in [0.5, 0.6) is 0 Å². The summed E-state index contributed by atoms with van der Waals surface area (Å²) >= 11 is 0. The molecule has 0 aliphatic heterocycles. The highest BCUT2D eigenvalue weighted by Crippen LogP contribution is 2.19. The fourth-order valence-corrected chi connectivity index (χ4v) is 2.26. The van der Waals surface area contributed by atoms with E-state index in [9.17, 15) is 13.5 Å². The average molecular weight is 281 g/mol. The van der Waals surface area contributed by atoms with Crippen molar-refractivity contribution >= 4 is 15.7 Å². The number of rotatable bonds is 5. The van der Waals surface area contributed by atoms with Crippen LogP contribution in [-0.2, 0) is 16.4 Å². The molecule has 0 fully saturated rings. The number of sulfonamides is 1. The largest absolute Gasteiger partial charge is 0.388 e. The minimum Gasteiger partial charge on any atom is -0.388 e. The van der Waals surface area contributed by atoms with E-state index < -0.39 is 16.1 Å². The number of nitrogens with one attached hydrogen (secondary N) is 2. The molecule has 102 valence electrons. The Bertz CT molecular complexity index is 621. The second-order valence-electron chi connectivity index (χ2n) is 4.25. The molecule has 0 aliphatic rings. The van der Waals surface area contributed by atoms with Crippen molar-refractivity contribution in [3.63, 3.8) is 0 Å². The molecular formula is C12H15N3O3S. The highest BCUT2D eigenvalue weighted by atomic mass is 32.2. The number of anilines is 1. The number of nitrogens with zero attached hydrogens (tertiary/aromatic N) is 1. The number of aliphatic hydroxyl groups excluding tert-OH is 1. The van der Waals surface area contributed by atoms with Gasteiger partial charge in [-0.3, -0.25) is 4.72 Å². The Labute approximate surface area is 111 Å².